The zero-order valence-corrected chi connectivity index (χ0v) is 30.3. The molecule has 14 nitrogen and oxygen atoms in total. The van der Waals surface area contributed by atoms with Crippen molar-refractivity contribution in [2.24, 2.45) is 0 Å². The molecule has 12 unspecified atom stereocenters. The number of aliphatic hydroxyl groups is 8. The van der Waals surface area contributed by atoms with Crippen LogP contribution in [0.3, 0.4) is 0 Å². The largest absolute Gasteiger partial charge is 0.394 e. The summed E-state index contributed by atoms with van der Waals surface area (Å²) in [4.78, 5) is 12.9. The molecule has 2 aliphatic heterocycles. The number of aliphatic hydroxyl groups excluding tert-OH is 8. The molecule has 0 aromatic rings. The van der Waals surface area contributed by atoms with E-state index in [1.807, 2.05) is 19.1 Å². The highest BCUT2D eigenvalue weighted by Gasteiger charge is 2.50. The van der Waals surface area contributed by atoms with Crippen molar-refractivity contribution in [1.82, 2.24) is 5.32 Å². The molecule has 2 rings (SSSR count). The molecule has 12 atom stereocenters. The summed E-state index contributed by atoms with van der Waals surface area (Å²) in [7, 11) is 0. The summed E-state index contributed by atoms with van der Waals surface area (Å²) in [5.74, 6) is -0.266. The molecule has 1 amide bonds. The minimum absolute atomic E-state index is 0.266. The maximum atomic E-state index is 12.9. The van der Waals surface area contributed by atoms with E-state index in [2.05, 4.69) is 30.5 Å². The SMILES string of the molecule is C/C=C/CC/C=C/CC/C=C/C(O)C(COC1OC(CO)C(OC2OC(CO)C(O)C(O)C2O)C(O)C1O)NC(=O)CCCCCCCCCC. The van der Waals surface area contributed by atoms with Crippen LogP contribution < -0.4 is 5.32 Å². The number of nitrogens with one attached hydrogen (secondary N) is 1. The predicted octanol–water partition coefficient (Wildman–Crippen LogP) is 1.25. The van der Waals surface area contributed by atoms with E-state index < -0.39 is 86.8 Å². The lowest BCUT2D eigenvalue weighted by Gasteiger charge is -2.46. The highest BCUT2D eigenvalue weighted by atomic mass is 16.7. The molecule has 0 radical (unpaired) electrons. The van der Waals surface area contributed by atoms with E-state index in [-0.39, 0.29) is 18.9 Å². The monoisotopic (exact) mass is 731 g/mol. The number of hydrogen-bond acceptors (Lipinski definition) is 13. The zero-order chi connectivity index (χ0) is 37.6. The van der Waals surface area contributed by atoms with Gasteiger partial charge in [-0.1, -0.05) is 88.3 Å². The van der Waals surface area contributed by atoms with Crippen molar-refractivity contribution < 1.29 is 64.6 Å². The van der Waals surface area contributed by atoms with E-state index in [0.29, 0.717) is 12.8 Å². The fourth-order valence-electron chi connectivity index (χ4n) is 5.97. The van der Waals surface area contributed by atoms with Gasteiger partial charge < -0.3 is 65.1 Å². The van der Waals surface area contributed by atoms with Gasteiger partial charge in [-0.3, -0.25) is 4.79 Å². The lowest BCUT2D eigenvalue weighted by atomic mass is 9.97. The van der Waals surface area contributed by atoms with Gasteiger partial charge >= 0.3 is 0 Å². The Morgan fingerprint density at radius 3 is 1.92 bits per heavy atom. The molecule has 0 bridgehead atoms. The number of amides is 1. The zero-order valence-electron chi connectivity index (χ0n) is 30.3. The molecule has 0 saturated carbocycles. The second kappa shape index (κ2) is 26.1. The number of carbonyl (C=O) groups is 1. The van der Waals surface area contributed by atoms with E-state index in [0.717, 1.165) is 38.5 Å². The number of rotatable bonds is 25. The first-order valence-electron chi connectivity index (χ1n) is 18.7. The Morgan fingerprint density at radius 2 is 1.29 bits per heavy atom. The fourth-order valence-corrected chi connectivity index (χ4v) is 5.97. The third-order valence-electron chi connectivity index (χ3n) is 9.15. The molecule has 0 aliphatic carbocycles. The minimum Gasteiger partial charge on any atom is -0.394 e. The molecule has 2 heterocycles. The van der Waals surface area contributed by atoms with Gasteiger partial charge in [0, 0.05) is 6.42 Å². The molecule has 2 fully saturated rings. The first-order chi connectivity index (χ1) is 24.6. The third-order valence-corrected chi connectivity index (χ3v) is 9.15. The molecule has 51 heavy (non-hydrogen) atoms. The number of carbonyl (C=O) groups excluding carboxylic acids is 1. The van der Waals surface area contributed by atoms with Crippen LogP contribution in [-0.2, 0) is 23.7 Å². The summed E-state index contributed by atoms with van der Waals surface area (Å²) < 4.78 is 22.4. The highest BCUT2D eigenvalue weighted by molar-refractivity contribution is 5.76. The lowest BCUT2D eigenvalue weighted by Crippen LogP contribution is -2.65. The van der Waals surface area contributed by atoms with E-state index in [1.165, 1.54) is 25.7 Å². The molecule has 9 N–H and O–H groups in total. The summed E-state index contributed by atoms with van der Waals surface area (Å²) in [5.41, 5.74) is 0. The maximum Gasteiger partial charge on any atom is 0.220 e. The summed E-state index contributed by atoms with van der Waals surface area (Å²) in [6.45, 7) is 2.42. The average molecular weight is 732 g/mol. The molecule has 0 spiro atoms. The Kier molecular flexibility index (Phi) is 23.2. The second-order valence-electron chi connectivity index (χ2n) is 13.4. The van der Waals surface area contributed by atoms with Gasteiger partial charge in [0.1, 0.15) is 48.8 Å². The molecule has 14 heteroatoms. The number of unbranched alkanes of at least 4 members (excludes halogenated alkanes) is 9. The van der Waals surface area contributed by atoms with Gasteiger partial charge in [-0.05, 0) is 39.0 Å². The van der Waals surface area contributed by atoms with Crippen molar-refractivity contribution in [2.75, 3.05) is 19.8 Å². The maximum absolute atomic E-state index is 12.9. The van der Waals surface area contributed by atoms with Crippen LogP contribution in [0.5, 0.6) is 0 Å². The molecule has 2 aliphatic rings. The second-order valence-corrected chi connectivity index (χ2v) is 13.4. The molecule has 296 valence electrons. The molecule has 2 saturated heterocycles. The normalized spacial score (nSPS) is 31.5. The van der Waals surface area contributed by atoms with Gasteiger partial charge in [-0.25, -0.2) is 0 Å². The predicted molar refractivity (Wildman–Crippen MR) is 189 cm³/mol. The Balaban J connectivity index is 2.01. The number of allylic oxidation sites excluding steroid dienone is 5. The first kappa shape index (κ1) is 45.4. The van der Waals surface area contributed by atoms with E-state index >= 15 is 0 Å². The van der Waals surface area contributed by atoms with Crippen molar-refractivity contribution in [2.45, 2.75) is 171 Å². The van der Waals surface area contributed by atoms with Crippen LogP contribution in [0.1, 0.15) is 97.3 Å². The Labute approximate surface area is 302 Å². The van der Waals surface area contributed by atoms with Gasteiger partial charge in [0.25, 0.3) is 0 Å². The van der Waals surface area contributed by atoms with E-state index in [1.54, 1.807) is 6.08 Å². The molecular weight excluding hydrogens is 666 g/mol. The minimum atomic E-state index is -1.79. The van der Waals surface area contributed by atoms with Crippen LogP contribution in [0.15, 0.2) is 36.5 Å². The van der Waals surface area contributed by atoms with Crippen molar-refractivity contribution >= 4 is 5.91 Å². The van der Waals surface area contributed by atoms with Crippen LogP contribution in [-0.4, -0.2) is 140 Å². The Morgan fingerprint density at radius 1 is 0.725 bits per heavy atom. The van der Waals surface area contributed by atoms with Gasteiger partial charge in [0.15, 0.2) is 12.6 Å². The van der Waals surface area contributed by atoms with Gasteiger partial charge in [0.2, 0.25) is 5.91 Å². The first-order valence-corrected chi connectivity index (χ1v) is 18.7. The smallest absolute Gasteiger partial charge is 0.220 e. The van der Waals surface area contributed by atoms with Crippen LogP contribution >= 0.6 is 0 Å². The Bertz CT molecular complexity index is 1010. The van der Waals surface area contributed by atoms with Crippen molar-refractivity contribution in [3.05, 3.63) is 36.5 Å². The summed E-state index contributed by atoms with van der Waals surface area (Å²) in [5, 5.41) is 85.7. The molecular formula is C37H65NO13. The molecule has 0 aromatic heterocycles. The summed E-state index contributed by atoms with van der Waals surface area (Å²) >= 11 is 0. The summed E-state index contributed by atoms with van der Waals surface area (Å²) in [6, 6.07) is -0.928. The number of ether oxygens (including phenoxy) is 4. The topological polar surface area (TPSA) is 228 Å². The highest BCUT2D eigenvalue weighted by Crippen LogP contribution is 2.29. The van der Waals surface area contributed by atoms with Gasteiger partial charge in [-0.15, -0.1) is 0 Å². The van der Waals surface area contributed by atoms with Crippen LogP contribution in [0.2, 0.25) is 0 Å². The summed E-state index contributed by atoms with van der Waals surface area (Å²) in [6.07, 6.45) is 6.89. The quantitative estimate of drug-likeness (QED) is 0.0477. The van der Waals surface area contributed by atoms with E-state index in [9.17, 15) is 45.6 Å². The van der Waals surface area contributed by atoms with Gasteiger partial charge in [-0.2, -0.15) is 0 Å². The van der Waals surface area contributed by atoms with Crippen molar-refractivity contribution in [1.29, 1.82) is 0 Å². The lowest BCUT2D eigenvalue weighted by molar-refractivity contribution is -0.359. The number of hydrogen-bond donors (Lipinski definition) is 9. The van der Waals surface area contributed by atoms with Crippen LogP contribution in [0, 0.1) is 0 Å². The van der Waals surface area contributed by atoms with Crippen molar-refractivity contribution in [3.63, 3.8) is 0 Å². The average Bonchev–Trinajstić information content (AvgIpc) is 3.12. The van der Waals surface area contributed by atoms with E-state index in [4.69, 9.17) is 18.9 Å². The molecule has 0 aromatic carbocycles. The Hall–Kier alpha value is -1.79. The van der Waals surface area contributed by atoms with Crippen molar-refractivity contribution in [3.8, 4) is 0 Å². The van der Waals surface area contributed by atoms with Crippen LogP contribution in [0.25, 0.3) is 0 Å². The fraction of sp³-hybridized carbons (Fsp3) is 0.811. The third kappa shape index (κ3) is 16.0. The van der Waals surface area contributed by atoms with Crippen LogP contribution in [0.4, 0.5) is 0 Å². The standard InChI is InChI=1S/C37H65NO13/c1-3-5-7-9-11-13-14-16-18-20-26(41)25(38-29(42)21-19-17-15-12-10-8-6-4-2)24-48-36-34(47)32(45)35(28(23-40)50-36)51-37-33(46)31(44)30(43)27(22-39)49-37/h3,5,11,13,18,20,25-28,30-37,39-41,43-47H,4,6-10,12,14-17,19,21-24H2,1-2H3,(H,38,42)/b5-3+,13-11+,20-18+. The van der Waals surface area contributed by atoms with Gasteiger partial charge in [0.05, 0.1) is 32.0 Å².